The summed E-state index contributed by atoms with van der Waals surface area (Å²) >= 11 is 0. The number of halogens is 4. The number of H-pyrrole nitrogens is 1. The zero-order valence-electron chi connectivity index (χ0n) is 22.7. The molecule has 0 spiro atoms. The van der Waals surface area contributed by atoms with Gasteiger partial charge in [-0.15, -0.1) is 0 Å². The number of fused-ring (bicyclic) bond motifs is 1. The lowest BCUT2D eigenvalue weighted by atomic mass is 9.95. The van der Waals surface area contributed by atoms with Gasteiger partial charge in [0.25, 0.3) is 12.0 Å². The molecule has 5 rings (SSSR count). The molecular formula is C25H24F4N5O9P. The summed E-state index contributed by atoms with van der Waals surface area (Å²) in [7, 11) is -2.28. The monoisotopic (exact) mass is 645 g/mol. The molecule has 0 unspecified atom stereocenters. The SMILES string of the molecule is COc1ccc(OP(=O)(OC[C@@]2(C(F)F)O[C@@H](n3cnc4c(=O)[nH]c(N)nc43)[C@H](O)C2(F)F)Oc2ccc(OC)cc2)cc1. The molecule has 14 nitrogen and oxygen atoms in total. The third-order valence-electron chi connectivity index (χ3n) is 6.60. The first-order valence-electron chi connectivity index (χ1n) is 12.5. The van der Waals surface area contributed by atoms with Crippen molar-refractivity contribution in [1.29, 1.82) is 0 Å². The summed E-state index contributed by atoms with van der Waals surface area (Å²) in [4.78, 5) is 21.8. The van der Waals surface area contributed by atoms with Crippen molar-refractivity contribution in [2.75, 3.05) is 26.6 Å². The van der Waals surface area contributed by atoms with Crippen molar-refractivity contribution >= 4 is 24.9 Å². The number of anilines is 1. The van der Waals surface area contributed by atoms with E-state index in [1.54, 1.807) is 0 Å². The van der Waals surface area contributed by atoms with Gasteiger partial charge in [-0.2, -0.15) is 13.8 Å². The number of phosphoric acid groups is 1. The Bertz CT molecular complexity index is 1690. The second-order valence-corrected chi connectivity index (χ2v) is 10.8. The van der Waals surface area contributed by atoms with Gasteiger partial charge in [0.1, 0.15) is 29.6 Å². The van der Waals surface area contributed by atoms with Gasteiger partial charge in [-0.05, 0) is 48.5 Å². The summed E-state index contributed by atoms with van der Waals surface area (Å²) in [6.45, 7) is -1.81. The van der Waals surface area contributed by atoms with Crippen molar-refractivity contribution in [3.8, 4) is 23.0 Å². The van der Waals surface area contributed by atoms with Gasteiger partial charge in [0.15, 0.2) is 23.5 Å². The average molecular weight is 645 g/mol. The van der Waals surface area contributed by atoms with Crippen LogP contribution in [0.5, 0.6) is 23.0 Å². The van der Waals surface area contributed by atoms with Crippen molar-refractivity contribution in [2.24, 2.45) is 0 Å². The van der Waals surface area contributed by atoms with E-state index in [0.29, 0.717) is 16.1 Å². The molecule has 19 heteroatoms. The van der Waals surface area contributed by atoms with E-state index in [4.69, 9.17) is 33.5 Å². The molecular weight excluding hydrogens is 621 g/mol. The summed E-state index contributed by atoms with van der Waals surface area (Å²) in [6, 6.07) is 10.7. The maximum Gasteiger partial charge on any atom is 0.587 e. The minimum Gasteiger partial charge on any atom is -0.497 e. The molecule has 4 aromatic rings. The molecule has 44 heavy (non-hydrogen) atoms. The number of phosphoric ester groups is 1. The third-order valence-corrected chi connectivity index (χ3v) is 7.92. The van der Waals surface area contributed by atoms with Gasteiger partial charge in [-0.3, -0.25) is 18.9 Å². The first-order valence-corrected chi connectivity index (χ1v) is 13.9. The Labute approximate surface area is 244 Å². The fourth-order valence-corrected chi connectivity index (χ4v) is 5.55. The largest absolute Gasteiger partial charge is 0.587 e. The number of aromatic amines is 1. The van der Waals surface area contributed by atoms with Gasteiger partial charge in [0.2, 0.25) is 11.5 Å². The molecule has 2 aromatic heterocycles. The Morgan fingerprint density at radius 3 is 2.07 bits per heavy atom. The van der Waals surface area contributed by atoms with Crippen LogP contribution in [-0.4, -0.2) is 69.5 Å². The quantitative estimate of drug-likeness (QED) is 0.160. The number of nitrogens with two attached hydrogens (primary N) is 1. The lowest BCUT2D eigenvalue weighted by molar-refractivity contribution is -0.242. The Hall–Kier alpha value is -4.38. The Balaban J connectivity index is 1.49. The normalized spacial score (nSPS) is 21.5. The first-order chi connectivity index (χ1) is 20.8. The van der Waals surface area contributed by atoms with Crippen molar-refractivity contribution in [2.45, 2.75) is 30.3 Å². The predicted molar refractivity (Wildman–Crippen MR) is 143 cm³/mol. The number of aliphatic hydroxyl groups excluding tert-OH is 1. The van der Waals surface area contributed by atoms with Gasteiger partial charge in [0, 0.05) is 0 Å². The number of methoxy groups -OCH3 is 2. The van der Waals surface area contributed by atoms with Crippen LogP contribution >= 0.6 is 7.82 Å². The summed E-state index contributed by atoms with van der Waals surface area (Å²) < 4.78 is 106. The number of imidazole rings is 1. The van der Waals surface area contributed by atoms with Crippen LogP contribution in [0.2, 0.25) is 0 Å². The van der Waals surface area contributed by atoms with E-state index in [1.165, 1.54) is 62.8 Å². The zero-order valence-corrected chi connectivity index (χ0v) is 23.6. The van der Waals surface area contributed by atoms with Gasteiger partial charge < -0.3 is 34.1 Å². The summed E-state index contributed by atoms with van der Waals surface area (Å²) in [5, 5.41) is 10.6. The van der Waals surface area contributed by atoms with Crippen molar-refractivity contribution in [3.05, 3.63) is 65.2 Å². The highest BCUT2D eigenvalue weighted by atomic mass is 31.2. The van der Waals surface area contributed by atoms with Crippen LogP contribution in [0.4, 0.5) is 23.5 Å². The van der Waals surface area contributed by atoms with Crippen molar-refractivity contribution < 1.29 is 55.0 Å². The second kappa shape index (κ2) is 11.6. The number of aliphatic hydroxyl groups is 1. The highest BCUT2D eigenvalue weighted by Crippen LogP contribution is 2.56. The molecule has 0 bridgehead atoms. The van der Waals surface area contributed by atoms with E-state index in [-0.39, 0.29) is 11.5 Å². The van der Waals surface area contributed by atoms with Crippen LogP contribution in [0.25, 0.3) is 11.2 Å². The number of ether oxygens (including phenoxy) is 3. The van der Waals surface area contributed by atoms with Gasteiger partial charge >= 0.3 is 13.7 Å². The van der Waals surface area contributed by atoms with Crippen LogP contribution in [0.3, 0.4) is 0 Å². The van der Waals surface area contributed by atoms with E-state index in [1.807, 2.05) is 0 Å². The number of nitrogens with zero attached hydrogens (tertiary/aromatic N) is 3. The molecule has 1 aliphatic heterocycles. The number of hydrogen-bond acceptors (Lipinski definition) is 12. The molecule has 0 saturated carbocycles. The summed E-state index contributed by atoms with van der Waals surface area (Å²) in [5.41, 5.74) is -0.0813. The fraction of sp³-hybridized carbons (Fsp3) is 0.320. The molecule has 0 radical (unpaired) electrons. The van der Waals surface area contributed by atoms with Crippen LogP contribution in [0.15, 0.2) is 59.7 Å². The van der Waals surface area contributed by atoms with Crippen LogP contribution in [0, 0.1) is 0 Å². The minimum atomic E-state index is -5.06. The molecule has 0 aliphatic carbocycles. The maximum atomic E-state index is 15.6. The number of nitrogen functional groups attached to an aromatic ring is 1. The molecule has 1 fully saturated rings. The number of benzene rings is 2. The minimum absolute atomic E-state index is 0.162. The van der Waals surface area contributed by atoms with Crippen LogP contribution in [-0.2, 0) is 13.8 Å². The van der Waals surface area contributed by atoms with Crippen molar-refractivity contribution in [1.82, 2.24) is 19.5 Å². The average Bonchev–Trinajstić information content (AvgIpc) is 3.49. The molecule has 2 aromatic carbocycles. The molecule has 1 saturated heterocycles. The second-order valence-electron chi connectivity index (χ2n) is 9.30. The van der Waals surface area contributed by atoms with E-state index in [0.717, 1.165) is 6.33 Å². The fourth-order valence-electron chi connectivity index (χ4n) is 4.29. The lowest BCUT2D eigenvalue weighted by Crippen LogP contribution is -2.57. The summed E-state index contributed by atoms with van der Waals surface area (Å²) in [5.74, 6) is -4.76. The van der Waals surface area contributed by atoms with Gasteiger partial charge in [0.05, 0.1) is 20.5 Å². The topological polar surface area (TPSA) is 182 Å². The zero-order chi connectivity index (χ0) is 31.9. The Kier molecular flexibility index (Phi) is 8.19. The van der Waals surface area contributed by atoms with E-state index >= 15 is 8.78 Å². The number of aromatic nitrogens is 4. The highest BCUT2D eigenvalue weighted by Gasteiger charge is 2.74. The smallest absolute Gasteiger partial charge is 0.497 e. The van der Waals surface area contributed by atoms with Gasteiger partial charge in [-0.1, -0.05) is 0 Å². The highest BCUT2D eigenvalue weighted by molar-refractivity contribution is 7.49. The summed E-state index contributed by atoms with van der Waals surface area (Å²) in [6.07, 6.45) is -8.48. The van der Waals surface area contributed by atoms with Crippen LogP contribution in [0.1, 0.15) is 6.23 Å². The van der Waals surface area contributed by atoms with E-state index in [2.05, 4.69) is 15.0 Å². The van der Waals surface area contributed by atoms with E-state index < -0.39 is 67.4 Å². The maximum absolute atomic E-state index is 15.6. The predicted octanol–water partition coefficient (Wildman–Crippen LogP) is 3.53. The molecule has 0 amide bonds. The number of rotatable bonds is 11. The number of alkyl halides is 4. The first kappa shape index (κ1) is 31.1. The third kappa shape index (κ3) is 5.52. The van der Waals surface area contributed by atoms with Crippen molar-refractivity contribution in [3.63, 3.8) is 0 Å². The number of nitrogens with one attached hydrogen (secondary N) is 1. The lowest BCUT2D eigenvalue weighted by Gasteiger charge is -2.33. The molecule has 1 aliphatic rings. The Morgan fingerprint density at radius 1 is 1.05 bits per heavy atom. The van der Waals surface area contributed by atoms with E-state index in [9.17, 15) is 23.2 Å². The molecule has 3 atom stereocenters. The number of hydrogen-bond donors (Lipinski definition) is 3. The van der Waals surface area contributed by atoms with Gasteiger partial charge in [-0.25, -0.2) is 18.3 Å². The molecule has 3 heterocycles. The molecule has 4 N–H and O–H groups in total. The molecule has 236 valence electrons. The van der Waals surface area contributed by atoms with Crippen LogP contribution < -0.4 is 29.8 Å². The Morgan fingerprint density at radius 2 is 1.57 bits per heavy atom. The standard InChI is InChI=1S/C25H24F4N5O9P/c1-38-13-3-7-15(8-4-13)42-44(37,43-16-9-5-14(39-2)6-10-16)40-11-24(22(26)27)25(28,29)18(35)21(41-24)34-12-31-17-19(34)32-23(30)33-20(17)36/h3-10,12,18,21-22,35H,11H2,1-2H3,(H3,30,32,33,36)/t18-,21+,24-/m0/s1.